The van der Waals surface area contributed by atoms with E-state index in [2.05, 4.69) is 0 Å². The maximum Gasteiger partial charge on any atom is 0.530 e. The Morgan fingerprint density at radius 1 is 0.436 bits per heavy atom. The minimum Gasteiger partial charge on any atom is -0.417 e. The largest absolute Gasteiger partial charge is 0.530 e. The van der Waals surface area contributed by atoms with E-state index in [-0.39, 0.29) is 22.6 Å². The van der Waals surface area contributed by atoms with E-state index in [1.807, 2.05) is 42.5 Å². The zero-order valence-electron chi connectivity index (χ0n) is 29.3. The predicted octanol–water partition coefficient (Wildman–Crippen LogP) is 8.49. The summed E-state index contributed by atoms with van der Waals surface area (Å²) in [4.78, 5) is 25.4. The lowest BCUT2D eigenvalue weighted by molar-refractivity contribution is -0.0454. The standard InChI is InChI=1S/C40H36O13P2/c41-37(27-11-1-6-16-32(27)49-54(42)50-34-18-8-3-13-29(34)38-43-21-22-44-38)28-12-2-7-17-33(28)51-55(52-35-19-9-4-14-30(35)39-45-23-24-46-39)53-36-20-10-5-15-31(36)40-47-25-26-48-40/h1-20,38-40,42H,21-26H2. The summed E-state index contributed by atoms with van der Waals surface area (Å²) in [6.45, 7) is 2.66. The third-order valence-electron chi connectivity index (χ3n) is 8.52. The number of hydrogen-bond donors (Lipinski definition) is 1. The van der Waals surface area contributed by atoms with Crippen molar-refractivity contribution < 1.29 is 60.7 Å². The van der Waals surface area contributed by atoms with Gasteiger partial charge in [0.25, 0.3) is 0 Å². The van der Waals surface area contributed by atoms with Crippen LogP contribution in [0.2, 0.25) is 0 Å². The third-order valence-corrected chi connectivity index (χ3v) is 10.3. The molecule has 5 aromatic carbocycles. The number of ketones is 1. The van der Waals surface area contributed by atoms with Crippen molar-refractivity contribution in [2.24, 2.45) is 0 Å². The summed E-state index contributed by atoms with van der Waals surface area (Å²) in [5.41, 5.74) is 2.26. The fraction of sp³-hybridized carbons (Fsp3) is 0.225. The van der Waals surface area contributed by atoms with Crippen LogP contribution in [0.1, 0.15) is 51.5 Å². The van der Waals surface area contributed by atoms with Crippen molar-refractivity contribution in [1.82, 2.24) is 0 Å². The zero-order chi connectivity index (χ0) is 37.4. The van der Waals surface area contributed by atoms with Crippen molar-refractivity contribution in [2.45, 2.75) is 18.9 Å². The maximum absolute atomic E-state index is 14.4. The highest BCUT2D eigenvalue weighted by Gasteiger charge is 2.31. The van der Waals surface area contributed by atoms with Gasteiger partial charge in [0.2, 0.25) is 5.78 Å². The Balaban J connectivity index is 1.06. The second kappa shape index (κ2) is 17.9. The van der Waals surface area contributed by atoms with E-state index in [9.17, 15) is 9.69 Å². The van der Waals surface area contributed by atoms with E-state index < -0.39 is 41.9 Å². The number of benzene rings is 5. The Morgan fingerprint density at radius 2 is 0.727 bits per heavy atom. The van der Waals surface area contributed by atoms with Crippen LogP contribution in [-0.2, 0) is 28.4 Å². The first kappa shape index (κ1) is 37.3. The van der Waals surface area contributed by atoms with Gasteiger partial charge in [-0.2, -0.15) is 0 Å². The summed E-state index contributed by atoms with van der Waals surface area (Å²) in [5, 5.41) is 0. The van der Waals surface area contributed by atoms with Gasteiger partial charge in [-0.15, -0.1) is 0 Å². The molecular formula is C40H36O13P2. The number of carbonyl (C=O) groups excluding carboxylic acids is 1. The van der Waals surface area contributed by atoms with Crippen LogP contribution >= 0.6 is 17.2 Å². The molecule has 284 valence electrons. The lowest BCUT2D eigenvalue weighted by Gasteiger charge is -2.23. The molecule has 1 atom stereocenters. The average molecular weight is 787 g/mol. The third kappa shape index (κ3) is 8.92. The molecule has 3 aliphatic rings. The lowest BCUT2D eigenvalue weighted by atomic mass is 10.0. The van der Waals surface area contributed by atoms with Crippen LogP contribution in [0.3, 0.4) is 0 Å². The summed E-state index contributed by atoms with van der Waals surface area (Å²) in [6, 6.07) is 34.9. The quantitative estimate of drug-likeness (QED) is 0.0803. The van der Waals surface area contributed by atoms with E-state index in [0.717, 1.165) is 0 Å². The SMILES string of the molecule is O=C(c1ccccc1OP(O)Oc1ccccc1C1OCCO1)c1ccccc1OP(Oc1ccccc1C1OCCO1)Oc1ccccc1C1OCCO1. The van der Waals surface area contributed by atoms with Crippen LogP contribution in [0.4, 0.5) is 0 Å². The van der Waals surface area contributed by atoms with Gasteiger partial charge in [-0.05, 0) is 42.5 Å². The number of para-hydroxylation sites is 5. The second-order valence-electron chi connectivity index (χ2n) is 12.1. The molecular weight excluding hydrogens is 750 g/mol. The molecule has 15 heteroatoms. The predicted molar refractivity (Wildman–Crippen MR) is 199 cm³/mol. The van der Waals surface area contributed by atoms with Gasteiger partial charge in [0, 0.05) is 0 Å². The number of rotatable bonds is 15. The van der Waals surface area contributed by atoms with Gasteiger partial charge < -0.3 is 55.9 Å². The van der Waals surface area contributed by atoms with E-state index in [4.69, 9.17) is 51.0 Å². The van der Waals surface area contributed by atoms with Crippen molar-refractivity contribution in [3.8, 4) is 28.7 Å². The van der Waals surface area contributed by atoms with Crippen LogP contribution < -0.4 is 22.6 Å². The molecule has 0 aliphatic carbocycles. The minimum atomic E-state index is -2.54. The molecule has 3 aliphatic heterocycles. The molecule has 0 amide bonds. The smallest absolute Gasteiger partial charge is 0.417 e. The minimum absolute atomic E-state index is 0.104. The van der Waals surface area contributed by atoms with E-state index in [1.165, 1.54) is 0 Å². The molecule has 3 heterocycles. The highest BCUT2D eigenvalue weighted by atomic mass is 31.2. The molecule has 0 radical (unpaired) electrons. The summed E-state index contributed by atoms with van der Waals surface area (Å²) < 4.78 is 65.5. The molecule has 1 N–H and O–H groups in total. The normalized spacial score (nSPS) is 17.0. The lowest BCUT2D eigenvalue weighted by Crippen LogP contribution is -2.11. The van der Waals surface area contributed by atoms with Gasteiger partial charge in [-0.3, -0.25) is 4.79 Å². The zero-order valence-corrected chi connectivity index (χ0v) is 31.1. The molecule has 55 heavy (non-hydrogen) atoms. The molecule has 0 saturated carbocycles. The summed E-state index contributed by atoms with van der Waals surface area (Å²) in [7, 11) is -4.84. The van der Waals surface area contributed by atoms with Crippen molar-refractivity contribution in [3.05, 3.63) is 149 Å². The molecule has 0 aromatic heterocycles. The molecule has 13 nitrogen and oxygen atoms in total. The Labute approximate surface area is 319 Å². The van der Waals surface area contributed by atoms with Crippen molar-refractivity contribution >= 4 is 23.0 Å². The first-order valence-corrected chi connectivity index (χ1v) is 19.7. The summed E-state index contributed by atoms with van der Waals surface area (Å²) in [5.74, 6) is 1.000. The van der Waals surface area contributed by atoms with Crippen LogP contribution in [-0.4, -0.2) is 50.3 Å². The second-order valence-corrected chi connectivity index (χ2v) is 13.9. The van der Waals surface area contributed by atoms with Gasteiger partial charge in [-0.1, -0.05) is 78.9 Å². The Hall–Kier alpha value is -4.65. The molecule has 3 saturated heterocycles. The highest BCUT2D eigenvalue weighted by molar-refractivity contribution is 7.43. The Bertz CT molecular complexity index is 2000. The monoisotopic (exact) mass is 786 g/mol. The number of carbonyl (C=O) groups is 1. The van der Waals surface area contributed by atoms with Crippen molar-refractivity contribution in [3.63, 3.8) is 0 Å². The fourth-order valence-electron chi connectivity index (χ4n) is 5.99. The first-order valence-electron chi connectivity index (χ1n) is 17.5. The topological polar surface area (TPSA) is 139 Å². The Morgan fingerprint density at radius 3 is 1.15 bits per heavy atom. The number of ether oxygens (including phenoxy) is 6. The van der Waals surface area contributed by atoms with E-state index in [1.54, 1.807) is 78.9 Å². The van der Waals surface area contributed by atoms with Crippen LogP contribution in [0.25, 0.3) is 0 Å². The highest BCUT2D eigenvalue weighted by Crippen LogP contribution is 2.48. The van der Waals surface area contributed by atoms with Crippen LogP contribution in [0.5, 0.6) is 28.7 Å². The van der Waals surface area contributed by atoms with Gasteiger partial charge in [0.1, 0.15) is 28.7 Å². The summed E-state index contributed by atoms with van der Waals surface area (Å²) in [6.07, 6.45) is -1.89. The van der Waals surface area contributed by atoms with Gasteiger partial charge in [0.05, 0.1) is 67.5 Å². The first-order chi connectivity index (χ1) is 27.1. The van der Waals surface area contributed by atoms with Crippen molar-refractivity contribution in [1.29, 1.82) is 0 Å². The van der Waals surface area contributed by atoms with Crippen molar-refractivity contribution in [2.75, 3.05) is 39.6 Å². The average Bonchev–Trinajstić information content (AvgIpc) is 4.05. The fourth-order valence-corrected chi connectivity index (χ4v) is 7.77. The van der Waals surface area contributed by atoms with Crippen LogP contribution in [0.15, 0.2) is 121 Å². The molecule has 0 spiro atoms. The molecule has 5 aromatic rings. The molecule has 0 bridgehead atoms. The van der Waals surface area contributed by atoms with Crippen LogP contribution in [0, 0.1) is 0 Å². The van der Waals surface area contributed by atoms with E-state index >= 15 is 0 Å². The summed E-state index contributed by atoms with van der Waals surface area (Å²) >= 11 is 0. The van der Waals surface area contributed by atoms with E-state index in [0.29, 0.717) is 73.6 Å². The molecule has 8 rings (SSSR count). The molecule has 1 unspecified atom stereocenters. The molecule has 3 fully saturated rings. The van der Waals surface area contributed by atoms with Gasteiger partial charge >= 0.3 is 17.2 Å². The Kier molecular flexibility index (Phi) is 12.1. The number of hydrogen-bond acceptors (Lipinski definition) is 13. The van der Waals surface area contributed by atoms with Gasteiger partial charge in [0.15, 0.2) is 18.9 Å². The maximum atomic E-state index is 14.4. The van der Waals surface area contributed by atoms with Gasteiger partial charge in [-0.25, -0.2) is 0 Å².